The van der Waals surface area contributed by atoms with Crippen LogP contribution in [0.25, 0.3) is 0 Å². The maximum atomic E-state index is 12.6. The predicted octanol–water partition coefficient (Wildman–Crippen LogP) is -1.15. The molecule has 0 bridgehead atoms. The van der Waals surface area contributed by atoms with Crippen LogP contribution in [0.2, 0.25) is 0 Å². The molecule has 1 aliphatic rings. The highest BCUT2D eigenvalue weighted by Crippen LogP contribution is 2.37. The van der Waals surface area contributed by atoms with Crippen LogP contribution in [-0.2, 0) is 0 Å². The van der Waals surface area contributed by atoms with Crippen LogP contribution in [0.15, 0.2) is 12.3 Å². The second-order valence-electron chi connectivity index (χ2n) is 2.89. The average Bonchev–Trinajstić information content (AvgIpc) is 2.58. The second kappa shape index (κ2) is 2.57. The van der Waals surface area contributed by atoms with Gasteiger partial charge in [0.25, 0.3) is 0 Å². The first-order valence-corrected chi connectivity index (χ1v) is 3.74. The lowest BCUT2D eigenvalue weighted by Gasteiger charge is -2.03. The highest BCUT2D eigenvalue weighted by molar-refractivity contribution is 6.57. The van der Waals surface area contributed by atoms with Crippen LogP contribution in [0, 0.1) is 0 Å². The Bertz CT molecular complexity index is 291. The zero-order valence-corrected chi connectivity index (χ0v) is 6.26. The normalized spacial score (nSPS) is 27.2. The van der Waals surface area contributed by atoms with E-state index in [4.69, 9.17) is 10.0 Å². The SMILES string of the molecule is OB(O)c1ccnn1C1CC1F. The Morgan fingerprint density at radius 3 is 2.83 bits per heavy atom. The Morgan fingerprint density at radius 1 is 1.67 bits per heavy atom. The number of hydrogen-bond acceptors (Lipinski definition) is 3. The predicted molar refractivity (Wildman–Crippen MR) is 40.6 cm³/mol. The fraction of sp³-hybridized carbons (Fsp3) is 0.500. The molecule has 0 aliphatic heterocycles. The molecule has 1 saturated carbocycles. The van der Waals surface area contributed by atoms with Gasteiger partial charge in [0.05, 0.1) is 11.6 Å². The van der Waals surface area contributed by atoms with Gasteiger partial charge in [-0.2, -0.15) is 5.10 Å². The molecule has 64 valence electrons. The van der Waals surface area contributed by atoms with Gasteiger partial charge in [-0.1, -0.05) is 0 Å². The van der Waals surface area contributed by atoms with E-state index in [1.165, 1.54) is 16.9 Å². The van der Waals surface area contributed by atoms with Gasteiger partial charge >= 0.3 is 7.12 Å². The number of aromatic nitrogens is 2. The zero-order valence-electron chi connectivity index (χ0n) is 6.26. The molecular weight excluding hydrogens is 162 g/mol. The Labute approximate surface area is 68.8 Å². The van der Waals surface area contributed by atoms with E-state index in [-0.39, 0.29) is 11.6 Å². The molecule has 6 heteroatoms. The van der Waals surface area contributed by atoms with Crippen molar-refractivity contribution in [2.24, 2.45) is 0 Å². The topological polar surface area (TPSA) is 58.3 Å². The lowest BCUT2D eigenvalue weighted by atomic mass is 9.86. The van der Waals surface area contributed by atoms with Crippen molar-refractivity contribution in [1.29, 1.82) is 0 Å². The molecule has 0 spiro atoms. The second-order valence-corrected chi connectivity index (χ2v) is 2.89. The summed E-state index contributed by atoms with van der Waals surface area (Å²) in [6.07, 6.45) is 0.962. The summed E-state index contributed by atoms with van der Waals surface area (Å²) in [5.41, 5.74) is 0.250. The molecular formula is C6H8BFN2O2. The molecule has 1 aliphatic carbocycles. The molecule has 2 N–H and O–H groups in total. The van der Waals surface area contributed by atoms with Gasteiger partial charge in [0.15, 0.2) is 0 Å². The molecule has 1 aromatic rings. The molecule has 0 amide bonds. The maximum absolute atomic E-state index is 12.6. The minimum absolute atomic E-state index is 0.250. The number of alkyl halides is 1. The van der Waals surface area contributed by atoms with Crippen molar-refractivity contribution in [2.75, 3.05) is 0 Å². The molecule has 1 aromatic heterocycles. The Hall–Kier alpha value is -0.875. The Balaban J connectivity index is 2.25. The molecule has 1 fully saturated rings. The van der Waals surface area contributed by atoms with Crippen molar-refractivity contribution >= 4 is 12.7 Å². The van der Waals surface area contributed by atoms with Crippen molar-refractivity contribution < 1.29 is 14.4 Å². The minimum Gasteiger partial charge on any atom is -0.422 e. The first kappa shape index (κ1) is 7.76. The van der Waals surface area contributed by atoms with E-state index in [1.807, 2.05) is 0 Å². The number of rotatable bonds is 2. The third kappa shape index (κ3) is 1.13. The Morgan fingerprint density at radius 2 is 2.33 bits per heavy atom. The zero-order chi connectivity index (χ0) is 8.72. The van der Waals surface area contributed by atoms with Crippen LogP contribution >= 0.6 is 0 Å². The van der Waals surface area contributed by atoms with E-state index in [2.05, 4.69) is 5.10 Å². The number of nitrogens with zero attached hydrogens (tertiary/aromatic N) is 2. The van der Waals surface area contributed by atoms with Crippen LogP contribution in [0.5, 0.6) is 0 Å². The first-order valence-electron chi connectivity index (χ1n) is 3.74. The minimum atomic E-state index is -1.57. The van der Waals surface area contributed by atoms with Crippen molar-refractivity contribution in [3.8, 4) is 0 Å². The highest BCUT2D eigenvalue weighted by atomic mass is 19.1. The van der Waals surface area contributed by atoms with Crippen molar-refractivity contribution in [1.82, 2.24) is 9.78 Å². The lowest BCUT2D eigenvalue weighted by molar-refractivity contribution is 0.410. The van der Waals surface area contributed by atoms with Crippen LogP contribution in [0.3, 0.4) is 0 Å². The Kier molecular flexibility index (Phi) is 1.66. The summed E-state index contributed by atoms with van der Waals surface area (Å²) in [6, 6.07) is 1.17. The third-order valence-electron chi connectivity index (χ3n) is 1.96. The molecule has 2 atom stereocenters. The van der Waals surface area contributed by atoms with Gasteiger partial charge < -0.3 is 10.0 Å². The summed E-state index contributed by atoms with van der Waals surface area (Å²) >= 11 is 0. The van der Waals surface area contributed by atoms with Gasteiger partial charge in [0, 0.05) is 12.6 Å². The molecule has 1 heterocycles. The van der Waals surface area contributed by atoms with Crippen molar-refractivity contribution in [3.05, 3.63) is 12.3 Å². The number of hydrogen-bond donors (Lipinski definition) is 2. The monoisotopic (exact) mass is 170 g/mol. The summed E-state index contributed by atoms with van der Waals surface area (Å²) in [5, 5.41) is 21.5. The standard InChI is InChI=1S/C6H8BFN2O2/c8-4-3-5(4)10-6(7(11)12)1-2-9-10/h1-2,4-5,11-12H,3H2. The lowest BCUT2D eigenvalue weighted by Crippen LogP contribution is -2.36. The summed E-state index contributed by atoms with van der Waals surface area (Å²) in [5.74, 6) is 0. The van der Waals surface area contributed by atoms with Crippen molar-refractivity contribution in [2.45, 2.75) is 18.6 Å². The van der Waals surface area contributed by atoms with Crippen LogP contribution in [0.4, 0.5) is 4.39 Å². The maximum Gasteiger partial charge on any atom is 0.507 e. The van der Waals surface area contributed by atoms with E-state index in [1.54, 1.807) is 0 Å². The molecule has 4 nitrogen and oxygen atoms in total. The first-order chi connectivity index (χ1) is 5.70. The molecule has 2 unspecified atom stereocenters. The molecule has 0 saturated heterocycles. The summed E-state index contributed by atoms with van der Waals surface area (Å²) < 4.78 is 13.9. The van der Waals surface area contributed by atoms with Crippen molar-refractivity contribution in [3.63, 3.8) is 0 Å². The van der Waals surface area contributed by atoms with Gasteiger partial charge in [-0.15, -0.1) is 0 Å². The molecule has 0 radical (unpaired) electrons. The van der Waals surface area contributed by atoms with Gasteiger partial charge in [-0.3, -0.25) is 4.68 Å². The summed E-state index contributed by atoms with van der Waals surface area (Å²) in [4.78, 5) is 0. The van der Waals surface area contributed by atoms with Gasteiger partial charge in [-0.05, 0) is 6.07 Å². The summed E-state index contributed by atoms with van der Waals surface area (Å²) in [6.45, 7) is 0. The molecule has 2 rings (SSSR count). The quantitative estimate of drug-likeness (QED) is 0.550. The van der Waals surface area contributed by atoms with Crippen LogP contribution in [0.1, 0.15) is 12.5 Å². The van der Waals surface area contributed by atoms with E-state index in [0.717, 1.165) is 0 Å². The highest BCUT2D eigenvalue weighted by Gasteiger charge is 2.41. The van der Waals surface area contributed by atoms with E-state index in [9.17, 15) is 4.39 Å². The fourth-order valence-electron chi connectivity index (χ4n) is 1.21. The summed E-state index contributed by atoms with van der Waals surface area (Å²) in [7, 11) is -1.57. The van der Waals surface area contributed by atoms with Gasteiger partial charge in [0.2, 0.25) is 0 Å². The van der Waals surface area contributed by atoms with E-state index < -0.39 is 13.3 Å². The van der Waals surface area contributed by atoms with Crippen LogP contribution < -0.4 is 5.59 Å². The smallest absolute Gasteiger partial charge is 0.422 e. The van der Waals surface area contributed by atoms with Crippen LogP contribution in [-0.4, -0.2) is 33.1 Å². The molecule has 0 aromatic carbocycles. The average molecular weight is 170 g/mol. The molecule has 12 heavy (non-hydrogen) atoms. The van der Waals surface area contributed by atoms with Gasteiger partial charge in [0.1, 0.15) is 6.17 Å². The fourth-order valence-corrected chi connectivity index (χ4v) is 1.21. The number of halogens is 1. The largest absolute Gasteiger partial charge is 0.507 e. The van der Waals surface area contributed by atoms with Gasteiger partial charge in [-0.25, -0.2) is 4.39 Å². The third-order valence-corrected chi connectivity index (χ3v) is 1.96. The van der Waals surface area contributed by atoms with E-state index >= 15 is 0 Å². The van der Waals surface area contributed by atoms with E-state index in [0.29, 0.717) is 6.42 Å².